The van der Waals surface area contributed by atoms with E-state index in [9.17, 15) is 9.90 Å². The summed E-state index contributed by atoms with van der Waals surface area (Å²) >= 11 is 0. The highest BCUT2D eigenvalue weighted by Gasteiger charge is 2.23. The number of primary amides is 1. The molecule has 13 heteroatoms. The zero-order valence-electron chi connectivity index (χ0n) is 17.3. The first kappa shape index (κ1) is 19.4. The predicted molar refractivity (Wildman–Crippen MR) is 112 cm³/mol. The molecule has 0 unspecified atom stereocenters. The molecule has 5 rings (SSSR count). The summed E-state index contributed by atoms with van der Waals surface area (Å²) in [5.74, 6) is -0.126. The average Bonchev–Trinajstić information content (AvgIpc) is 3.55. The number of nitrogens with one attached hydrogen (secondary N) is 1. The number of fused-ring (bicyclic) bond motifs is 1. The van der Waals surface area contributed by atoms with E-state index in [0.29, 0.717) is 46.9 Å². The molecule has 4 N–H and O–H groups in total. The predicted octanol–water partition coefficient (Wildman–Crippen LogP) is 0.627. The highest BCUT2D eigenvalue weighted by molar-refractivity contribution is 5.99. The summed E-state index contributed by atoms with van der Waals surface area (Å²) < 4.78 is 5.16. The van der Waals surface area contributed by atoms with Crippen LogP contribution in [0, 0.1) is 6.92 Å². The van der Waals surface area contributed by atoms with Crippen LogP contribution < -0.4 is 5.73 Å². The van der Waals surface area contributed by atoms with Crippen molar-refractivity contribution in [3.8, 4) is 28.8 Å². The SMILES string of the molecule is Cc1nn(CCn2ccnc2)c(-c2n[nH]c(-c3nc(C(N)=O)cc4c3cnn4C)n2)c1O. The van der Waals surface area contributed by atoms with E-state index in [0.717, 1.165) is 0 Å². The van der Waals surface area contributed by atoms with Crippen molar-refractivity contribution in [3.63, 3.8) is 0 Å². The molecule has 0 aliphatic carbocycles. The largest absolute Gasteiger partial charge is 0.504 e. The van der Waals surface area contributed by atoms with E-state index in [1.165, 1.54) is 0 Å². The average molecular weight is 433 g/mol. The van der Waals surface area contributed by atoms with E-state index >= 15 is 0 Å². The Balaban J connectivity index is 1.57. The molecule has 0 aliphatic heterocycles. The van der Waals surface area contributed by atoms with Gasteiger partial charge in [0.25, 0.3) is 5.91 Å². The number of aromatic hydroxyl groups is 1. The molecule has 5 heterocycles. The van der Waals surface area contributed by atoms with Gasteiger partial charge in [-0.05, 0) is 13.0 Å². The quantitative estimate of drug-likeness (QED) is 0.350. The summed E-state index contributed by atoms with van der Waals surface area (Å²) in [6.45, 7) is 2.78. The van der Waals surface area contributed by atoms with Crippen LogP contribution in [0.15, 0.2) is 31.0 Å². The van der Waals surface area contributed by atoms with Crippen molar-refractivity contribution in [1.82, 2.24) is 49.3 Å². The van der Waals surface area contributed by atoms with Gasteiger partial charge in [0.1, 0.15) is 22.8 Å². The number of amides is 1. The molecule has 0 atom stereocenters. The number of pyridine rings is 1. The second-order valence-corrected chi connectivity index (χ2v) is 7.24. The van der Waals surface area contributed by atoms with Gasteiger partial charge >= 0.3 is 0 Å². The monoisotopic (exact) mass is 433 g/mol. The summed E-state index contributed by atoms with van der Waals surface area (Å²) in [4.78, 5) is 24.7. The minimum absolute atomic E-state index is 0.00782. The lowest BCUT2D eigenvalue weighted by Crippen LogP contribution is -2.13. The molecule has 0 saturated heterocycles. The van der Waals surface area contributed by atoms with Gasteiger partial charge in [-0.25, -0.2) is 15.0 Å². The third-order valence-electron chi connectivity index (χ3n) is 5.14. The Morgan fingerprint density at radius 2 is 2.12 bits per heavy atom. The fraction of sp³-hybridized carbons (Fsp3) is 0.211. The molecule has 0 fully saturated rings. The Hall–Kier alpha value is -4.55. The van der Waals surface area contributed by atoms with E-state index in [1.807, 2.05) is 10.8 Å². The number of aryl methyl sites for hydroxylation is 4. The molecular weight excluding hydrogens is 414 g/mol. The third kappa shape index (κ3) is 3.15. The van der Waals surface area contributed by atoms with E-state index in [-0.39, 0.29) is 17.3 Å². The maximum atomic E-state index is 11.8. The standard InChI is InChI=1S/C19H19N11O2/c1-10-16(31)15(30(27-10)6-5-29-4-3-21-9-29)19-24-18(25-26-19)14-11-8-22-28(2)13(11)7-12(23-14)17(20)32/h3-4,7-9,31H,5-6H2,1-2H3,(H2,20,32)(H,24,25,26). The Morgan fingerprint density at radius 3 is 2.88 bits per heavy atom. The van der Waals surface area contributed by atoms with Gasteiger partial charge in [0.15, 0.2) is 11.6 Å². The molecule has 0 aromatic carbocycles. The fourth-order valence-corrected chi connectivity index (χ4v) is 3.51. The summed E-state index contributed by atoms with van der Waals surface area (Å²) in [5.41, 5.74) is 7.42. The highest BCUT2D eigenvalue weighted by atomic mass is 16.3. The Morgan fingerprint density at radius 1 is 1.28 bits per heavy atom. The number of aromatic nitrogens is 10. The van der Waals surface area contributed by atoms with E-state index < -0.39 is 5.91 Å². The Kier molecular flexibility index (Phi) is 4.43. The number of carbonyl (C=O) groups excluding carboxylic acids is 1. The van der Waals surface area contributed by atoms with Crippen LogP contribution in [0.2, 0.25) is 0 Å². The molecule has 1 amide bonds. The molecule has 13 nitrogen and oxygen atoms in total. The lowest BCUT2D eigenvalue weighted by atomic mass is 10.2. The van der Waals surface area contributed by atoms with Crippen LogP contribution in [0.4, 0.5) is 0 Å². The first-order valence-electron chi connectivity index (χ1n) is 9.70. The molecule has 0 saturated carbocycles. The molecule has 0 spiro atoms. The fourth-order valence-electron chi connectivity index (χ4n) is 3.51. The van der Waals surface area contributed by atoms with Crippen molar-refractivity contribution in [2.45, 2.75) is 20.0 Å². The maximum Gasteiger partial charge on any atom is 0.267 e. The first-order chi connectivity index (χ1) is 15.4. The van der Waals surface area contributed by atoms with Gasteiger partial charge in [0.05, 0.1) is 24.6 Å². The van der Waals surface area contributed by atoms with E-state index in [4.69, 9.17) is 5.73 Å². The van der Waals surface area contributed by atoms with Gasteiger partial charge in [-0.15, -0.1) is 0 Å². The molecule has 5 aromatic rings. The van der Waals surface area contributed by atoms with Crippen LogP contribution in [0.25, 0.3) is 33.9 Å². The van der Waals surface area contributed by atoms with Crippen molar-refractivity contribution in [1.29, 1.82) is 0 Å². The van der Waals surface area contributed by atoms with Crippen molar-refractivity contribution in [2.24, 2.45) is 12.8 Å². The highest BCUT2D eigenvalue weighted by Crippen LogP contribution is 2.32. The Labute approximate surface area is 180 Å². The number of imidazole rings is 1. The summed E-state index contributed by atoms with van der Waals surface area (Å²) in [6, 6.07) is 1.58. The summed E-state index contributed by atoms with van der Waals surface area (Å²) in [7, 11) is 1.75. The molecule has 162 valence electrons. The van der Waals surface area contributed by atoms with Gasteiger partial charge in [-0.1, -0.05) is 0 Å². The van der Waals surface area contributed by atoms with Crippen molar-refractivity contribution < 1.29 is 9.90 Å². The summed E-state index contributed by atoms with van der Waals surface area (Å²) in [5, 5.41) is 27.0. The number of aromatic amines is 1. The Bertz CT molecular complexity index is 1440. The molecule has 5 aromatic heterocycles. The number of nitrogens with zero attached hydrogens (tertiary/aromatic N) is 9. The number of nitrogens with two attached hydrogens (primary N) is 1. The van der Waals surface area contributed by atoms with Crippen LogP contribution in [-0.4, -0.2) is 60.3 Å². The van der Waals surface area contributed by atoms with Crippen molar-refractivity contribution in [2.75, 3.05) is 0 Å². The van der Waals surface area contributed by atoms with E-state index in [1.54, 1.807) is 48.1 Å². The lowest BCUT2D eigenvalue weighted by molar-refractivity contribution is 0.0996. The minimum atomic E-state index is -0.667. The lowest BCUT2D eigenvalue weighted by Gasteiger charge is -2.06. The number of hydrogen-bond acceptors (Lipinski definition) is 8. The van der Waals surface area contributed by atoms with Crippen LogP contribution >= 0.6 is 0 Å². The number of rotatable bonds is 6. The zero-order chi connectivity index (χ0) is 22.4. The zero-order valence-corrected chi connectivity index (χ0v) is 17.3. The third-order valence-corrected chi connectivity index (χ3v) is 5.14. The minimum Gasteiger partial charge on any atom is -0.504 e. The molecular formula is C19H19N11O2. The van der Waals surface area contributed by atoms with Gasteiger partial charge < -0.3 is 15.4 Å². The second kappa shape index (κ2) is 7.30. The number of hydrogen-bond donors (Lipinski definition) is 3. The van der Waals surface area contributed by atoms with Gasteiger partial charge in [-0.3, -0.25) is 19.3 Å². The van der Waals surface area contributed by atoms with Crippen LogP contribution in [0.1, 0.15) is 16.2 Å². The smallest absolute Gasteiger partial charge is 0.267 e. The molecule has 32 heavy (non-hydrogen) atoms. The van der Waals surface area contributed by atoms with Gasteiger partial charge in [0, 0.05) is 31.4 Å². The topological polar surface area (TPSA) is 171 Å². The molecule has 0 bridgehead atoms. The first-order valence-corrected chi connectivity index (χ1v) is 9.70. The van der Waals surface area contributed by atoms with Crippen LogP contribution in [-0.2, 0) is 20.1 Å². The number of carbonyl (C=O) groups is 1. The maximum absolute atomic E-state index is 11.8. The van der Waals surface area contributed by atoms with Crippen LogP contribution in [0.3, 0.4) is 0 Å². The second-order valence-electron chi connectivity index (χ2n) is 7.24. The van der Waals surface area contributed by atoms with Gasteiger partial charge in [-0.2, -0.15) is 15.3 Å². The summed E-state index contributed by atoms with van der Waals surface area (Å²) in [6.07, 6.45) is 6.87. The van der Waals surface area contributed by atoms with Crippen molar-refractivity contribution >= 4 is 16.8 Å². The van der Waals surface area contributed by atoms with Crippen molar-refractivity contribution in [3.05, 3.63) is 42.4 Å². The number of H-pyrrole nitrogens is 1. The van der Waals surface area contributed by atoms with Gasteiger partial charge in [0.2, 0.25) is 5.82 Å². The molecule has 0 radical (unpaired) electrons. The normalized spacial score (nSPS) is 11.4. The van der Waals surface area contributed by atoms with Crippen LogP contribution in [0.5, 0.6) is 5.75 Å². The molecule has 0 aliphatic rings. The van der Waals surface area contributed by atoms with E-state index in [2.05, 4.69) is 35.3 Å².